The highest BCUT2D eigenvalue weighted by Gasteiger charge is 2.42. The number of hydrogen-bond acceptors (Lipinski definition) is 3. The van der Waals surface area contributed by atoms with Crippen LogP contribution in [0.3, 0.4) is 0 Å². The lowest BCUT2D eigenvalue weighted by atomic mass is 10.0. The molecule has 3 nitrogen and oxygen atoms in total. The molecule has 1 unspecified atom stereocenters. The molecule has 0 amide bonds. The Morgan fingerprint density at radius 1 is 1.35 bits per heavy atom. The topological polar surface area (TPSA) is 55.5 Å². The highest BCUT2D eigenvalue weighted by molar-refractivity contribution is 5.25. The third-order valence-corrected chi connectivity index (χ3v) is 3.71. The molecule has 1 fully saturated rings. The third-order valence-electron chi connectivity index (χ3n) is 3.71. The third kappa shape index (κ3) is 3.06. The van der Waals surface area contributed by atoms with Crippen LogP contribution < -0.4 is 5.73 Å². The summed E-state index contributed by atoms with van der Waals surface area (Å²) in [5, 5.41) is 8.97. The maximum atomic E-state index is 8.97. The lowest BCUT2D eigenvalue weighted by molar-refractivity contribution is 0.0731. The van der Waals surface area contributed by atoms with Crippen molar-refractivity contribution in [2.24, 2.45) is 5.73 Å². The molecule has 94 valence electrons. The average molecular weight is 235 g/mol. The molecule has 0 heterocycles. The first-order chi connectivity index (χ1) is 8.19. The highest BCUT2D eigenvalue weighted by Crippen LogP contribution is 2.42. The molecule has 0 aliphatic heterocycles. The number of hydrogen-bond donors (Lipinski definition) is 2. The van der Waals surface area contributed by atoms with Gasteiger partial charge < -0.3 is 15.6 Å². The van der Waals surface area contributed by atoms with Gasteiger partial charge in [-0.05, 0) is 36.8 Å². The van der Waals surface area contributed by atoms with Crippen molar-refractivity contribution in [2.75, 3.05) is 13.7 Å². The molecule has 0 saturated heterocycles. The van der Waals surface area contributed by atoms with Crippen molar-refractivity contribution in [3.05, 3.63) is 35.4 Å². The summed E-state index contributed by atoms with van der Waals surface area (Å²) in [5.41, 5.74) is 8.21. The zero-order valence-electron chi connectivity index (χ0n) is 10.4. The minimum absolute atomic E-state index is 0.00781. The first kappa shape index (κ1) is 12.6. The summed E-state index contributed by atoms with van der Waals surface area (Å²) in [6.07, 6.45) is 4.52. The molecule has 1 saturated carbocycles. The van der Waals surface area contributed by atoms with Crippen molar-refractivity contribution >= 4 is 0 Å². The Kier molecular flexibility index (Phi) is 3.82. The fourth-order valence-corrected chi connectivity index (χ4v) is 2.10. The second-order valence-corrected chi connectivity index (χ2v) is 4.92. The smallest absolute Gasteiger partial charge is 0.0684 e. The number of methoxy groups -OCH3 is 1. The zero-order valence-corrected chi connectivity index (χ0v) is 10.4. The van der Waals surface area contributed by atoms with E-state index in [2.05, 4.69) is 12.1 Å². The Balaban J connectivity index is 1.90. The summed E-state index contributed by atoms with van der Waals surface area (Å²) >= 11 is 0. The molecule has 0 bridgehead atoms. The van der Waals surface area contributed by atoms with E-state index in [0.717, 1.165) is 18.4 Å². The van der Waals surface area contributed by atoms with E-state index in [1.54, 1.807) is 7.11 Å². The van der Waals surface area contributed by atoms with Gasteiger partial charge in [-0.1, -0.05) is 24.3 Å². The molecule has 17 heavy (non-hydrogen) atoms. The van der Waals surface area contributed by atoms with Crippen molar-refractivity contribution < 1.29 is 9.84 Å². The Morgan fingerprint density at radius 3 is 2.47 bits per heavy atom. The van der Waals surface area contributed by atoms with Gasteiger partial charge in [0.25, 0.3) is 0 Å². The minimum atomic E-state index is -0.266. The van der Waals surface area contributed by atoms with Gasteiger partial charge in [-0.3, -0.25) is 0 Å². The lowest BCUT2D eigenvalue weighted by Gasteiger charge is -2.13. The molecular weight excluding hydrogens is 214 g/mol. The Labute approximate surface area is 103 Å². The van der Waals surface area contributed by atoms with Crippen LogP contribution in [0.4, 0.5) is 0 Å². The van der Waals surface area contributed by atoms with Crippen LogP contribution >= 0.6 is 0 Å². The predicted octanol–water partition coefficient (Wildman–Crippen LogP) is 1.79. The molecule has 1 atom stereocenters. The van der Waals surface area contributed by atoms with Crippen LogP contribution in [-0.4, -0.2) is 24.4 Å². The number of benzene rings is 1. The summed E-state index contributed by atoms with van der Waals surface area (Å²) in [6, 6.07) is 7.93. The molecule has 0 spiro atoms. The van der Waals surface area contributed by atoms with Crippen molar-refractivity contribution in [3.8, 4) is 0 Å². The van der Waals surface area contributed by atoms with E-state index in [9.17, 15) is 0 Å². The monoisotopic (exact) mass is 235 g/mol. The maximum Gasteiger partial charge on any atom is 0.0684 e. The summed E-state index contributed by atoms with van der Waals surface area (Å²) in [5.74, 6) is 0. The van der Waals surface area contributed by atoms with E-state index < -0.39 is 0 Å². The zero-order chi connectivity index (χ0) is 12.3. The molecule has 0 aromatic heterocycles. The summed E-state index contributed by atoms with van der Waals surface area (Å²) in [6.45, 7) is -0.00781. The number of aryl methyl sites for hydroxylation is 1. The van der Waals surface area contributed by atoms with Gasteiger partial charge in [0.05, 0.1) is 18.2 Å². The van der Waals surface area contributed by atoms with Crippen LogP contribution in [0.2, 0.25) is 0 Å². The van der Waals surface area contributed by atoms with Gasteiger partial charge in [-0.15, -0.1) is 0 Å². The van der Waals surface area contributed by atoms with E-state index in [-0.39, 0.29) is 18.2 Å². The van der Waals surface area contributed by atoms with Gasteiger partial charge in [-0.2, -0.15) is 0 Å². The molecule has 1 aliphatic carbocycles. The normalized spacial score (nSPS) is 19.0. The van der Waals surface area contributed by atoms with Crippen LogP contribution in [0.5, 0.6) is 0 Å². The van der Waals surface area contributed by atoms with Crippen LogP contribution in [0.15, 0.2) is 24.3 Å². The average Bonchev–Trinajstić information content (AvgIpc) is 3.17. The lowest BCUT2D eigenvalue weighted by Crippen LogP contribution is -2.14. The van der Waals surface area contributed by atoms with Gasteiger partial charge >= 0.3 is 0 Å². The Bertz CT molecular complexity index is 357. The molecule has 1 aliphatic rings. The number of rotatable bonds is 6. The van der Waals surface area contributed by atoms with E-state index in [1.807, 2.05) is 12.1 Å². The van der Waals surface area contributed by atoms with Crippen molar-refractivity contribution in [1.29, 1.82) is 0 Å². The van der Waals surface area contributed by atoms with Crippen molar-refractivity contribution in [1.82, 2.24) is 0 Å². The molecule has 3 heteroatoms. The predicted molar refractivity (Wildman–Crippen MR) is 67.8 cm³/mol. The number of nitrogens with two attached hydrogens (primary N) is 1. The first-order valence-electron chi connectivity index (χ1n) is 6.19. The van der Waals surface area contributed by atoms with E-state index >= 15 is 0 Å². The molecular formula is C14H21NO2. The standard InChI is InChI=1S/C14H21NO2/c1-17-14(8-9-14)7-6-11-2-4-12(5-3-11)13(15)10-16/h2-5,13,16H,6-10,15H2,1H3. The molecule has 0 radical (unpaired) electrons. The van der Waals surface area contributed by atoms with E-state index in [0.29, 0.717) is 0 Å². The van der Waals surface area contributed by atoms with Gasteiger partial charge in [-0.25, -0.2) is 0 Å². The molecule has 1 aromatic rings. The fourth-order valence-electron chi connectivity index (χ4n) is 2.10. The fraction of sp³-hybridized carbons (Fsp3) is 0.571. The second-order valence-electron chi connectivity index (χ2n) is 4.92. The summed E-state index contributed by atoms with van der Waals surface area (Å²) < 4.78 is 5.50. The number of aliphatic hydroxyl groups excluding tert-OH is 1. The van der Waals surface area contributed by atoms with Gasteiger partial charge in [0, 0.05) is 7.11 Å². The molecule has 2 rings (SSSR count). The maximum absolute atomic E-state index is 8.97. The minimum Gasteiger partial charge on any atom is -0.394 e. The number of ether oxygens (including phenoxy) is 1. The largest absolute Gasteiger partial charge is 0.394 e. The van der Waals surface area contributed by atoms with Crippen LogP contribution in [0.25, 0.3) is 0 Å². The van der Waals surface area contributed by atoms with Crippen molar-refractivity contribution in [3.63, 3.8) is 0 Å². The van der Waals surface area contributed by atoms with Gasteiger partial charge in [0.2, 0.25) is 0 Å². The number of aliphatic hydroxyl groups is 1. The van der Waals surface area contributed by atoms with Crippen LogP contribution in [-0.2, 0) is 11.2 Å². The molecule has 3 N–H and O–H groups in total. The SMILES string of the molecule is COC1(CCc2ccc(C(N)CO)cc2)CC1. The van der Waals surface area contributed by atoms with Crippen molar-refractivity contribution in [2.45, 2.75) is 37.3 Å². The quantitative estimate of drug-likeness (QED) is 0.790. The summed E-state index contributed by atoms with van der Waals surface area (Å²) in [4.78, 5) is 0. The Morgan fingerprint density at radius 2 is 2.00 bits per heavy atom. The molecule has 1 aromatic carbocycles. The van der Waals surface area contributed by atoms with Gasteiger partial charge in [0.1, 0.15) is 0 Å². The highest BCUT2D eigenvalue weighted by atomic mass is 16.5. The van der Waals surface area contributed by atoms with E-state index in [4.69, 9.17) is 15.6 Å². The van der Waals surface area contributed by atoms with Crippen LogP contribution in [0, 0.1) is 0 Å². The van der Waals surface area contributed by atoms with Crippen LogP contribution in [0.1, 0.15) is 36.4 Å². The summed E-state index contributed by atoms with van der Waals surface area (Å²) in [7, 11) is 1.80. The van der Waals surface area contributed by atoms with E-state index in [1.165, 1.54) is 18.4 Å². The first-order valence-corrected chi connectivity index (χ1v) is 6.19. The second kappa shape index (κ2) is 5.17. The Hall–Kier alpha value is -0.900. The van der Waals surface area contributed by atoms with Gasteiger partial charge in [0.15, 0.2) is 0 Å².